The summed E-state index contributed by atoms with van der Waals surface area (Å²) in [6, 6.07) is 6.60. The second-order valence-electron chi connectivity index (χ2n) is 11.2. The Kier molecular flexibility index (Phi) is 5.63. The highest BCUT2D eigenvalue weighted by Crippen LogP contribution is 2.63. The van der Waals surface area contributed by atoms with Gasteiger partial charge < -0.3 is 14.9 Å². The van der Waals surface area contributed by atoms with Crippen LogP contribution in [-0.2, 0) is 4.74 Å². The summed E-state index contributed by atoms with van der Waals surface area (Å²) in [7, 11) is 1.89. The van der Waals surface area contributed by atoms with Crippen LogP contribution < -0.4 is 0 Å². The molecule has 4 aliphatic carbocycles. The predicted molar refractivity (Wildman–Crippen MR) is 123 cm³/mol. The molecule has 1 aromatic carbocycles. The van der Waals surface area contributed by atoms with Crippen molar-refractivity contribution in [1.29, 1.82) is 0 Å². The molecular weight excluding hydrogens is 400 g/mol. The van der Waals surface area contributed by atoms with Crippen molar-refractivity contribution < 1.29 is 19.7 Å². The van der Waals surface area contributed by atoms with Gasteiger partial charge in [0.25, 0.3) is 0 Å². The van der Waals surface area contributed by atoms with E-state index in [0.717, 1.165) is 48.5 Å². The van der Waals surface area contributed by atoms with Crippen molar-refractivity contribution in [2.75, 3.05) is 7.11 Å². The standard InChI is InChI=1S/C28H36O4/c1-27-14-12-22-21-13-16-28(31,15-11-18-3-5-19(6-4-18)26(29)30)17-20(21)7-8-23(22)24(27)9-10-25(27)32-2/h3-6,20-25,31H,7-10,12-14,16-17H2,1-2H3,(H,29,30)/t20-,21+,22-,23-,24+,25+,27+,28-/m1/s1. The van der Waals surface area contributed by atoms with Crippen LogP contribution >= 0.6 is 0 Å². The van der Waals surface area contributed by atoms with E-state index in [1.807, 2.05) is 7.11 Å². The minimum atomic E-state index is -0.935. The number of carboxylic acid groups (broad SMARTS) is 1. The minimum absolute atomic E-state index is 0.259. The fraction of sp³-hybridized carbons (Fsp3) is 0.679. The number of ether oxygens (including phenoxy) is 1. The highest BCUT2D eigenvalue weighted by Gasteiger charge is 2.57. The summed E-state index contributed by atoms with van der Waals surface area (Å²) in [6.45, 7) is 2.49. The van der Waals surface area contributed by atoms with Crippen molar-refractivity contribution in [3.8, 4) is 11.8 Å². The van der Waals surface area contributed by atoms with Gasteiger partial charge in [-0.05, 0) is 117 Å². The average Bonchev–Trinajstić information content (AvgIpc) is 3.14. The van der Waals surface area contributed by atoms with Crippen LogP contribution in [0.4, 0.5) is 0 Å². The second kappa shape index (κ2) is 8.19. The molecule has 8 atom stereocenters. The third-order valence-corrected chi connectivity index (χ3v) is 9.78. The topological polar surface area (TPSA) is 66.8 Å². The van der Waals surface area contributed by atoms with Crippen LogP contribution in [0.25, 0.3) is 0 Å². The number of aromatic carboxylic acids is 1. The number of fused-ring (bicyclic) bond motifs is 5. The van der Waals surface area contributed by atoms with Gasteiger partial charge >= 0.3 is 5.97 Å². The van der Waals surface area contributed by atoms with Gasteiger partial charge in [-0.1, -0.05) is 18.8 Å². The summed E-state index contributed by atoms with van der Waals surface area (Å²) < 4.78 is 5.90. The third-order valence-electron chi connectivity index (χ3n) is 9.78. The summed E-state index contributed by atoms with van der Waals surface area (Å²) in [5.41, 5.74) is 0.459. The van der Waals surface area contributed by atoms with Crippen molar-refractivity contribution in [3.05, 3.63) is 35.4 Å². The lowest BCUT2D eigenvalue weighted by atomic mass is 9.49. The third kappa shape index (κ3) is 3.68. The van der Waals surface area contributed by atoms with E-state index in [2.05, 4.69) is 18.8 Å². The van der Waals surface area contributed by atoms with E-state index in [0.29, 0.717) is 17.4 Å². The number of methoxy groups -OCH3 is 1. The normalized spacial score (nSPS) is 42.7. The first-order valence-electron chi connectivity index (χ1n) is 12.4. The van der Waals surface area contributed by atoms with Crippen LogP contribution in [0, 0.1) is 46.8 Å². The number of aliphatic hydroxyl groups is 1. The molecule has 0 aromatic heterocycles. The molecule has 32 heavy (non-hydrogen) atoms. The highest BCUT2D eigenvalue weighted by atomic mass is 16.5. The summed E-state index contributed by atoms with van der Waals surface area (Å²) in [4.78, 5) is 11.0. The lowest BCUT2D eigenvalue weighted by Gasteiger charge is -2.56. The van der Waals surface area contributed by atoms with Gasteiger partial charge in [0.1, 0.15) is 5.60 Å². The SMILES string of the molecule is CO[C@H]1CC[C@H]2[C@@H]3CC[C@@H]4C[C@@](O)(C#Cc5ccc(C(=O)O)cc5)CC[C@@H]4[C@H]3CC[C@]12C. The van der Waals surface area contributed by atoms with Crippen molar-refractivity contribution in [3.63, 3.8) is 0 Å². The molecule has 0 aliphatic heterocycles. The molecule has 2 N–H and O–H groups in total. The van der Waals surface area contributed by atoms with Crippen LogP contribution in [-0.4, -0.2) is 35.0 Å². The molecule has 0 unspecified atom stereocenters. The van der Waals surface area contributed by atoms with Crippen molar-refractivity contribution in [2.24, 2.45) is 35.0 Å². The van der Waals surface area contributed by atoms with Crippen molar-refractivity contribution in [2.45, 2.75) is 76.4 Å². The van der Waals surface area contributed by atoms with Crippen molar-refractivity contribution in [1.82, 2.24) is 0 Å². The van der Waals surface area contributed by atoms with Crippen molar-refractivity contribution >= 4 is 5.97 Å². The Morgan fingerprint density at radius 2 is 1.75 bits per heavy atom. The van der Waals surface area contributed by atoms with Gasteiger partial charge in [0.2, 0.25) is 0 Å². The number of benzene rings is 1. The zero-order valence-electron chi connectivity index (χ0n) is 19.3. The van der Waals surface area contributed by atoms with Crippen LogP contribution in [0.15, 0.2) is 24.3 Å². The summed E-state index contributed by atoms with van der Waals surface area (Å²) >= 11 is 0. The average molecular weight is 437 g/mol. The maximum Gasteiger partial charge on any atom is 0.335 e. The van der Waals surface area contributed by atoms with E-state index in [-0.39, 0.29) is 5.56 Å². The maximum atomic E-state index is 11.3. The van der Waals surface area contributed by atoms with Gasteiger partial charge in [-0.15, -0.1) is 0 Å². The predicted octanol–water partition coefficient (Wildman–Crippen LogP) is 5.14. The van der Waals surface area contributed by atoms with Crippen LogP contribution in [0.5, 0.6) is 0 Å². The van der Waals surface area contributed by atoms with Gasteiger partial charge in [0.05, 0.1) is 11.7 Å². The fourth-order valence-electron chi connectivity index (χ4n) is 8.22. The van der Waals surface area contributed by atoms with E-state index >= 15 is 0 Å². The quantitative estimate of drug-likeness (QED) is 0.631. The van der Waals surface area contributed by atoms with E-state index < -0.39 is 11.6 Å². The smallest absolute Gasteiger partial charge is 0.335 e. The Morgan fingerprint density at radius 3 is 2.47 bits per heavy atom. The molecule has 4 nitrogen and oxygen atoms in total. The van der Waals surface area contributed by atoms with E-state index in [1.165, 1.54) is 38.5 Å². The molecule has 4 fully saturated rings. The first-order valence-corrected chi connectivity index (χ1v) is 12.4. The molecule has 4 aliphatic rings. The number of hydrogen-bond acceptors (Lipinski definition) is 3. The van der Waals surface area contributed by atoms with E-state index in [9.17, 15) is 9.90 Å². The zero-order chi connectivity index (χ0) is 22.5. The Hall–Kier alpha value is -1.83. The molecule has 172 valence electrons. The van der Waals surface area contributed by atoms with E-state index in [4.69, 9.17) is 9.84 Å². The zero-order valence-corrected chi connectivity index (χ0v) is 19.3. The monoisotopic (exact) mass is 436 g/mol. The summed E-state index contributed by atoms with van der Waals surface area (Å²) in [6.07, 6.45) is 10.7. The Labute approximate surface area is 191 Å². The Bertz CT molecular complexity index is 927. The summed E-state index contributed by atoms with van der Waals surface area (Å²) in [5, 5.41) is 20.3. The number of hydrogen-bond donors (Lipinski definition) is 2. The molecule has 0 heterocycles. The Morgan fingerprint density at radius 1 is 1.00 bits per heavy atom. The van der Waals surface area contributed by atoms with Gasteiger partial charge in [-0.2, -0.15) is 0 Å². The van der Waals surface area contributed by atoms with Gasteiger partial charge in [-0.3, -0.25) is 0 Å². The molecule has 1 aromatic rings. The maximum absolute atomic E-state index is 11.3. The van der Waals surface area contributed by atoms with Gasteiger partial charge in [-0.25, -0.2) is 4.79 Å². The molecule has 0 amide bonds. The van der Waals surface area contributed by atoms with E-state index in [1.54, 1.807) is 24.3 Å². The lowest BCUT2D eigenvalue weighted by Crippen LogP contribution is -2.51. The molecular formula is C28H36O4. The number of rotatable bonds is 2. The van der Waals surface area contributed by atoms with Gasteiger partial charge in [0, 0.05) is 12.7 Å². The Balaban J connectivity index is 1.27. The van der Waals surface area contributed by atoms with Crippen LogP contribution in [0.3, 0.4) is 0 Å². The fourth-order valence-corrected chi connectivity index (χ4v) is 8.22. The molecule has 0 spiro atoms. The molecule has 4 saturated carbocycles. The van der Waals surface area contributed by atoms with Gasteiger partial charge in [0.15, 0.2) is 0 Å². The molecule has 5 rings (SSSR count). The summed E-state index contributed by atoms with van der Waals surface area (Å²) in [5.74, 6) is 9.10. The largest absolute Gasteiger partial charge is 0.478 e. The first-order chi connectivity index (χ1) is 15.3. The minimum Gasteiger partial charge on any atom is -0.478 e. The first kappa shape index (κ1) is 22.0. The highest BCUT2D eigenvalue weighted by molar-refractivity contribution is 5.87. The molecule has 0 radical (unpaired) electrons. The molecule has 4 heteroatoms. The van der Waals surface area contributed by atoms with Crippen LogP contribution in [0.2, 0.25) is 0 Å². The second-order valence-corrected chi connectivity index (χ2v) is 11.2. The molecule has 0 saturated heterocycles. The number of carboxylic acids is 1. The molecule has 0 bridgehead atoms. The van der Waals surface area contributed by atoms with Crippen LogP contribution in [0.1, 0.15) is 80.6 Å². The number of carbonyl (C=O) groups is 1. The lowest BCUT2D eigenvalue weighted by molar-refractivity contribution is -0.106.